The summed E-state index contributed by atoms with van der Waals surface area (Å²) in [4.78, 5) is 8.39. The molecule has 0 aliphatic heterocycles. The lowest BCUT2D eigenvalue weighted by molar-refractivity contribution is -0.0504. The van der Waals surface area contributed by atoms with Gasteiger partial charge in [-0.1, -0.05) is 11.6 Å². The van der Waals surface area contributed by atoms with Crippen LogP contribution in [0.4, 0.5) is 8.78 Å². The number of furan rings is 1. The maximum atomic E-state index is 12.5. The molecule has 8 nitrogen and oxygen atoms in total. The summed E-state index contributed by atoms with van der Waals surface area (Å²) in [6, 6.07) is 7.93. The second kappa shape index (κ2) is 9.18. The van der Waals surface area contributed by atoms with Crippen LogP contribution >= 0.6 is 11.6 Å². The third kappa shape index (κ3) is 5.19. The molecule has 1 aromatic carbocycles. The highest BCUT2D eigenvalue weighted by atomic mass is 35.5. The van der Waals surface area contributed by atoms with Crippen LogP contribution in [0.5, 0.6) is 5.75 Å². The van der Waals surface area contributed by atoms with Crippen molar-refractivity contribution in [2.24, 2.45) is 4.99 Å². The Kier molecular flexibility index (Phi) is 6.43. The largest absolute Gasteiger partial charge is 0.461 e. The molecule has 0 amide bonds. The van der Waals surface area contributed by atoms with E-state index in [0.717, 1.165) is 0 Å². The van der Waals surface area contributed by atoms with Crippen molar-refractivity contribution in [1.82, 2.24) is 25.8 Å². The van der Waals surface area contributed by atoms with Crippen LogP contribution in [-0.2, 0) is 13.1 Å². The Morgan fingerprint density at radius 2 is 2.14 bits per heavy atom. The number of guanidine groups is 1. The fourth-order valence-corrected chi connectivity index (χ4v) is 2.55. The number of aromatic nitrogens is 3. The molecular weight excluding hydrogens is 394 g/mol. The highest BCUT2D eigenvalue weighted by Crippen LogP contribution is 2.24. The number of ether oxygens (including phenoxy) is 1. The zero-order valence-electron chi connectivity index (χ0n) is 14.7. The second-order valence-corrected chi connectivity index (χ2v) is 5.93. The van der Waals surface area contributed by atoms with Gasteiger partial charge in [-0.3, -0.25) is 10.1 Å². The minimum Gasteiger partial charge on any atom is -0.461 e. The van der Waals surface area contributed by atoms with E-state index in [4.69, 9.17) is 16.0 Å². The number of hydrogen-bond donors (Lipinski definition) is 3. The van der Waals surface area contributed by atoms with Crippen LogP contribution in [0.1, 0.15) is 11.4 Å². The number of rotatable bonds is 7. The summed E-state index contributed by atoms with van der Waals surface area (Å²) in [6.45, 7) is -2.44. The van der Waals surface area contributed by atoms with Crippen molar-refractivity contribution in [2.45, 2.75) is 19.7 Å². The SMILES string of the molecule is CN=C(NCc1nc(-c2ccco2)n[nH]1)NCc1cc(Cl)ccc1OC(F)F. The van der Waals surface area contributed by atoms with E-state index < -0.39 is 6.61 Å². The first-order valence-corrected chi connectivity index (χ1v) is 8.56. The van der Waals surface area contributed by atoms with Gasteiger partial charge < -0.3 is 19.8 Å². The van der Waals surface area contributed by atoms with Crippen LogP contribution in [0.25, 0.3) is 11.6 Å². The Bertz CT molecular complexity index is 930. The maximum absolute atomic E-state index is 12.5. The number of alkyl halides is 2. The Hall–Kier alpha value is -3.14. The normalized spacial score (nSPS) is 11.7. The van der Waals surface area contributed by atoms with E-state index in [1.807, 2.05) is 0 Å². The minimum atomic E-state index is -2.92. The Morgan fingerprint density at radius 3 is 2.86 bits per heavy atom. The number of benzene rings is 1. The van der Waals surface area contributed by atoms with Crippen LogP contribution in [0.15, 0.2) is 46.0 Å². The number of aliphatic imine (C=N–C) groups is 1. The lowest BCUT2D eigenvalue weighted by Crippen LogP contribution is -2.36. The van der Waals surface area contributed by atoms with Crippen molar-refractivity contribution < 1.29 is 17.9 Å². The monoisotopic (exact) mass is 410 g/mol. The van der Waals surface area contributed by atoms with E-state index in [0.29, 0.717) is 40.5 Å². The first-order valence-electron chi connectivity index (χ1n) is 8.18. The fraction of sp³-hybridized carbons (Fsp3) is 0.235. The number of halogens is 3. The predicted octanol–water partition coefficient (Wildman–Crippen LogP) is 3.18. The van der Waals surface area contributed by atoms with Gasteiger partial charge in [-0.15, -0.1) is 5.10 Å². The molecular formula is C17H17ClF2N6O2. The van der Waals surface area contributed by atoms with Crippen molar-refractivity contribution >= 4 is 17.6 Å². The molecule has 0 spiro atoms. The summed E-state index contributed by atoms with van der Waals surface area (Å²) in [5, 5.41) is 13.3. The molecule has 0 bridgehead atoms. The molecule has 2 heterocycles. The van der Waals surface area contributed by atoms with Crippen molar-refractivity contribution in [2.75, 3.05) is 7.05 Å². The van der Waals surface area contributed by atoms with Gasteiger partial charge in [0.25, 0.3) is 0 Å². The predicted molar refractivity (Wildman–Crippen MR) is 99.2 cm³/mol. The Labute approximate surface area is 164 Å². The van der Waals surface area contributed by atoms with Gasteiger partial charge in [0.15, 0.2) is 11.7 Å². The van der Waals surface area contributed by atoms with Gasteiger partial charge in [0.1, 0.15) is 11.6 Å². The van der Waals surface area contributed by atoms with E-state index in [9.17, 15) is 8.78 Å². The van der Waals surface area contributed by atoms with Gasteiger partial charge in [-0.2, -0.15) is 8.78 Å². The summed E-state index contributed by atoms with van der Waals surface area (Å²) >= 11 is 5.94. The van der Waals surface area contributed by atoms with Gasteiger partial charge in [-0.25, -0.2) is 4.98 Å². The number of H-pyrrole nitrogens is 1. The van der Waals surface area contributed by atoms with Gasteiger partial charge >= 0.3 is 6.61 Å². The van der Waals surface area contributed by atoms with E-state index in [1.165, 1.54) is 18.4 Å². The first kappa shape index (κ1) is 19.6. The molecule has 0 radical (unpaired) electrons. The molecule has 0 saturated carbocycles. The van der Waals surface area contributed by atoms with Gasteiger partial charge in [0, 0.05) is 24.2 Å². The standard InChI is InChI=1S/C17H17ClF2N6O2/c1-21-17(22-8-10-7-11(18)4-5-12(10)28-16(19)20)23-9-14-24-15(26-25-14)13-3-2-6-27-13/h2-7,16H,8-9H2,1H3,(H2,21,22,23)(H,24,25,26). The number of nitrogens with one attached hydrogen (secondary N) is 3. The van der Waals surface area contributed by atoms with Gasteiger partial charge in [-0.05, 0) is 30.3 Å². The fourth-order valence-electron chi connectivity index (χ4n) is 2.35. The molecule has 2 aromatic heterocycles. The minimum absolute atomic E-state index is 0.0423. The van der Waals surface area contributed by atoms with Crippen LogP contribution in [-0.4, -0.2) is 34.8 Å². The molecule has 3 aromatic rings. The molecule has 0 aliphatic rings. The second-order valence-electron chi connectivity index (χ2n) is 5.49. The van der Waals surface area contributed by atoms with Crippen LogP contribution in [0, 0.1) is 0 Å². The summed E-state index contributed by atoms with van der Waals surface area (Å²) in [5.41, 5.74) is 0.468. The number of nitrogens with zero attached hydrogens (tertiary/aromatic N) is 3. The molecule has 28 heavy (non-hydrogen) atoms. The maximum Gasteiger partial charge on any atom is 0.387 e. The van der Waals surface area contributed by atoms with Crippen molar-refractivity contribution in [3.63, 3.8) is 0 Å². The Balaban J connectivity index is 1.58. The number of aromatic amines is 1. The van der Waals surface area contributed by atoms with Crippen LogP contribution in [0.2, 0.25) is 5.02 Å². The lowest BCUT2D eigenvalue weighted by atomic mass is 10.2. The molecule has 0 unspecified atom stereocenters. The molecule has 0 atom stereocenters. The summed E-state index contributed by atoms with van der Waals surface area (Å²) in [6.07, 6.45) is 1.54. The lowest BCUT2D eigenvalue weighted by Gasteiger charge is -2.14. The third-order valence-electron chi connectivity index (χ3n) is 3.61. The van der Waals surface area contributed by atoms with E-state index in [-0.39, 0.29) is 12.3 Å². The molecule has 0 fully saturated rings. The Morgan fingerprint density at radius 1 is 1.32 bits per heavy atom. The molecule has 3 rings (SSSR count). The van der Waals surface area contributed by atoms with Crippen molar-refractivity contribution in [1.29, 1.82) is 0 Å². The van der Waals surface area contributed by atoms with Gasteiger partial charge in [0.05, 0.1) is 12.8 Å². The third-order valence-corrected chi connectivity index (χ3v) is 3.84. The number of hydrogen-bond acceptors (Lipinski definition) is 5. The summed E-state index contributed by atoms with van der Waals surface area (Å²) in [5.74, 6) is 2.04. The average Bonchev–Trinajstić information content (AvgIpc) is 3.35. The van der Waals surface area contributed by atoms with Crippen molar-refractivity contribution in [3.8, 4) is 17.3 Å². The van der Waals surface area contributed by atoms with E-state index >= 15 is 0 Å². The van der Waals surface area contributed by atoms with Crippen molar-refractivity contribution in [3.05, 3.63) is 53.0 Å². The molecule has 11 heteroatoms. The summed E-state index contributed by atoms with van der Waals surface area (Å²) < 4.78 is 34.8. The molecule has 0 aliphatic carbocycles. The van der Waals surface area contributed by atoms with Crippen LogP contribution < -0.4 is 15.4 Å². The molecule has 0 saturated heterocycles. The van der Waals surface area contributed by atoms with E-state index in [1.54, 1.807) is 25.2 Å². The molecule has 148 valence electrons. The van der Waals surface area contributed by atoms with E-state index in [2.05, 4.69) is 35.5 Å². The van der Waals surface area contributed by atoms with Crippen LogP contribution in [0.3, 0.4) is 0 Å². The first-order chi connectivity index (χ1) is 13.5. The highest BCUT2D eigenvalue weighted by Gasteiger charge is 2.12. The average molecular weight is 411 g/mol. The zero-order valence-corrected chi connectivity index (χ0v) is 15.5. The zero-order chi connectivity index (χ0) is 19.9. The van der Waals surface area contributed by atoms with Gasteiger partial charge in [0.2, 0.25) is 5.82 Å². The highest BCUT2D eigenvalue weighted by molar-refractivity contribution is 6.30. The summed E-state index contributed by atoms with van der Waals surface area (Å²) in [7, 11) is 1.58. The quantitative estimate of drug-likeness (QED) is 0.408. The topological polar surface area (TPSA) is 100 Å². The smallest absolute Gasteiger partial charge is 0.387 e. The molecule has 3 N–H and O–H groups in total.